The third-order valence-electron chi connectivity index (χ3n) is 4.79. The molecular formula is C24H21N3O2. The Kier molecular flexibility index (Phi) is 5.38. The van der Waals surface area contributed by atoms with Gasteiger partial charge in [-0.25, -0.2) is 5.43 Å². The summed E-state index contributed by atoms with van der Waals surface area (Å²) in [5, 5.41) is 15.1. The predicted molar refractivity (Wildman–Crippen MR) is 115 cm³/mol. The Labute approximate surface area is 168 Å². The molecule has 1 aromatic heterocycles. The van der Waals surface area contributed by atoms with E-state index in [1.165, 1.54) is 17.7 Å². The van der Waals surface area contributed by atoms with Crippen LogP contribution in [0.15, 0.2) is 90.2 Å². The van der Waals surface area contributed by atoms with Crippen molar-refractivity contribution in [3.05, 3.63) is 102 Å². The van der Waals surface area contributed by atoms with Crippen LogP contribution in [0.4, 0.5) is 0 Å². The normalized spacial score (nSPS) is 11.5. The number of aryl methyl sites for hydroxylation is 1. The number of hydrogen-bond acceptors (Lipinski definition) is 3. The minimum absolute atomic E-state index is 0.0440. The Morgan fingerprint density at radius 1 is 0.966 bits per heavy atom. The van der Waals surface area contributed by atoms with E-state index >= 15 is 0 Å². The van der Waals surface area contributed by atoms with Crippen molar-refractivity contribution in [2.75, 3.05) is 0 Å². The number of benzene rings is 3. The summed E-state index contributed by atoms with van der Waals surface area (Å²) >= 11 is 0. The lowest BCUT2D eigenvalue weighted by Crippen LogP contribution is -2.20. The van der Waals surface area contributed by atoms with Crippen LogP contribution in [-0.2, 0) is 6.42 Å². The molecule has 5 nitrogen and oxygen atoms in total. The van der Waals surface area contributed by atoms with Crippen molar-refractivity contribution in [2.24, 2.45) is 5.10 Å². The molecule has 144 valence electrons. The van der Waals surface area contributed by atoms with E-state index < -0.39 is 0 Å². The monoisotopic (exact) mass is 383 g/mol. The highest BCUT2D eigenvalue weighted by molar-refractivity contribution is 6.11. The SMILES string of the molecule is O=C(N/N=C(/CCc1ccccc1)c1c[nH]c2ccccc12)c1cccc(O)c1. The number of rotatable bonds is 6. The summed E-state index contributed by atoms with van der Waals surface area (Å²) in [5.41, 5.74) is 6.98. The molecule has 0 radical (unpaired) electrons. The van der Waals surface area contributed by atoms with Gasteiger partial charge in [0.15, 0.2) is 0 Å². The molecule has 0 bridgehead atoms. The number of phenolic OH excluding ortho intramolecular Hbond substituents is 1. The molecule has 4 aromatic rings. The van der Waals surface area contributed by atoms with Gasteiger partial charge in [-0.05, 0) is 42.7 Å². The van der Waals surface area contributed by atoms with Crippen molar-refractivity contribution < 1.29 is 9.90 Å². The maximum atomic E-state index is 12.5. The lowest BCUT2D eigenvalue weighted by molar-refractivity contribution is 0.0954. The van der Waals surface area contributed by atoms with Crippen molar-refractivity contribution in [1.82, 2.24) is 10.4 Å². The fourth-order valence-corrected chi connectivity index (χ4v) is 3.30. The van der Waals surface area contributed by atoms with Gasteiger partial charge in [-0.15, -0.1) is 0 Å². The molecule has 0 aliphatic rings. The first-order valence-electron chi connectivity index (χ1n) is 9.47. The molecule has 0 saturated carbocycles. The number of carbonyl (C=O) groups excluding carboxylic acids is 1. The molecule has 1 heterocycles. The summed E-state index contributed by atoms with van der Waals surface area (Å²) in [6.45, 7) is 0. The summed E-state index contributed by atoms with van der Waals surface area (Å²) < 4.78 is 0. The summed E-state index contributed by atoms with van der Waals surface area (Å²) in [5.74, 6) is -0.319. The molecule has 3 aromatic carbocycles. The second kappa shape index (κ2) is 8.44. The number of carbonyl (C=O) groups is 1. The average molecular weight is 383 g/mol. The third kappa shape index (κ3) is 4.35. The first-order valence-corrected chi connectivity index (χ1v) is 9.47. The van der Waals surface area contributed by atoms with E-state index in [1.54, 1.807) is 12.1 Å². The number of H-pyrrole nitrogens is 1. The summed E-state index contributed by atoms with van der Waals surface area (Å²) in [7, 11) is 0. The van der Waals surface area contributed by atoms with Crippen LogP contribution in [0.1, 0.15) is 27.9 Å². The van der Waals surface area contributed by atoms with E-state index in [9.17, 15) is 9.90 Å². The average Bonchev–Trinajstić information content (AvgIpc) is 3.18. The zero-order chi connectivity index (χ0) is 20.1. The zero-order valence-corrected chi connectivity index (χ0v) is 15.8. The number of nitrogens with zero attached hydrogens (tertiary/aromatic N) is 1. The molecule has 0 aliphatic carbocycles. The molecule has 0 saturated heterocycles. The number of hydrazone groups is 1. The Balaban J connectivity index is 1.62. The number of amides is 1. The van der Waals surface area contributed by atoms with Gasteiger partial charge < -0.3 is 10.1 Å². The van der Waals surface area contributed by atoms with E-state index in [2.05, 4.69) is 27.6 Å². The van der Waals surface area contributed by atoms with Gasteiger partial charge in [-0.3, -0.25) is 4.79 Å². The molecule has 0 aliphatic heterocycles. The van der Waals surface area contributed by atoms with Crippen molar-refractivity contribution in [2.45, 2.75) is 12.8 Å². The molecule has 3 N–H and O–H groups in total. The highest BCUT2D eigenvalue weighted by Gasteiger charge is 2.12. The molecule has 0 spiro atoms. The zero-order valence-electron chi connectivity index (χ0n) is 15.8. The molecule has 29 heavy (non-hydrogen) atoms. The van der Waals surface area contributed by atoms with Crippen molar-refractivity contribution in [3.8, 4) is 5.75 Å². The van der Waals surface area contributed by atoms with Gasteiger partial charge in [-0.2, -0.15) is 5.10 Å². The predicted octanol–water partition coefficient (Wildman–Crippen LogP) is 4.64. The lowest BCUT2D eigenvalue weighted by Gasteiger charge is -2.08. The summed E-state index contributed by atoms with van der Waals surface area (Å²) in [4.78, 5) is 15.7. The van der Waals surface area contributed by atoms with Gasteiger partial charge in [-0.1, -0.05) is 54.6 Å². The maximum Gasteiger partial charge on any atom is 0.271 e. The first kappa shape index (κ1) is 18.5. The van der Waals surface area contributed by atoms with Gasteiger partial charge in [0.25, 0.3) is 5.91 Å². The Morgan fingerprint density at radius 2 is 1.76 bits per heavy atom. The van der Waals surface area contributed by atoms with E-state index in [4.69, 9.17) is 0 Å². The number of aromatic hydroxyl groups is 1. The number of fused-ring (bicyclic) bond motifs is 1. The van der Waals surface area contributed by atoms with Crippen LogP contribution in [0.5, 0.6) is 5.75 Å². The van der Waals surface area contributed by atoms with Crippen molar-refractivity contribution >= 4 is 22.5 Å². The number of aromatic amines is 1. The number of aromatic nitrogens is 1. The Hall–Kier alpha value is -3.86. The molecule has 4 rings (SSSR count). The van der Waals surface area contributed by atoms with Crippen LogP contribution in [0, 0.1) is 0 Å². The van der Waals surface area contributed by atoms with Gasteiger partial charge in [0.1, 0.15) is 5.75 Å². The molecule has 5 heteroatoms. The highest BCUT2D eigenvalue weighted by Crippen LogP contribution is 2.20. The van der Waals surface area contributed by atoms with E-state index in [-0.39, 0.29) is 11.7 Å². The summed E-state index contributed by atoms with van der Waals surface area (Å²) in [6.07, 6.45) is 3.41. The standard InChI is InChI=1S/C24H21N3O2/c28-19-10-6-9-18(15-19)24(29)27-26-23(14-13-17-7-2-1-3-8-17)21-16-25-22-12-5-4-11-20(21)22/h1-12,15-16,25,28H,13-14H2,(H,27,29)/b26-23-. The molecule has 1 amide bonds. The Morgan fingerprint density at radius 3 is 2.59 bits per heavy atom. The van der Waals surface area contributed by atoms with Gasteiger partial charge >= 0.3 is 0 Å². The van der Waals surface area contributed by atoms with Gasteiger partial charge in [0.2, 0.25) is 0 Å². The van der Waals surface area contributed by atoms with Crippen LogP contribution in [-0.4, -0.2) is 21.7 Å². The van der Waals surface area contributed by atoms with Gasteiger partial charge in [0.05, 0.1) is 5.71 Å². The number of nitrogens with one attached hydrogen (secondary N) is 2. The van der Waals surface area contributed by atoms with Crippen LogP contribution in [0.25, 0.3) is 10.9 Å². The topological polar surface area (TPSA) is 77.5 Å². The van der Waals surface area contributed by atoms with Crippen LogP contribution in [0.3, 0.4) is 0 Å². The summed E-state index contributed by atoms with van der Waals surface area (Å²) in [6, 6.07) is 24.4. The van der Waals surface area contributed by atoms with Crippen LogP contribution in [0.2, 0.25) is 0 Å². The largest absolute Gasteiger partial charge is 0.508 e. The Bertz CT molecular complexity index is 1160. The van der Waals surface area contributed by atoms with Crippen LogP contribution >= 0.6 is 0 Å². The highest BCUT2D eigenvalue weighted by atomic mass is 16.3. The molecule has 0 fully saturated rings. The second-order valence-corrected chi connectivity index (χ2v) is 6.78. The third-order valence-corrected chi connectivity index (χ3v) is 4.79. The quantitative estimate of drug-likeness (QED) is 0.335. The number of hydrogen-bond donors (Lipinski definition) is 3. The fourth-order valence-electron chi connectivity index (χ4n) is 3.30. The minimum atomic E-state index is -0.363. The second-order valence-electron chi connectivity index (χ2n) is 6.78. The lowest BCUT2D eigenvalue weighted by atomic mass is 10.0. The van der Waals surface area contributed by atoms with Crippen LogP contribution < -0.4 is 5.43 Å². The fraction of sp³-hybridized carbons (Fsp3) is 0.0833. The molecule has 0 atom stereocenters. The van der Waals surface area contributed by atoms with Gasteiger partial charge in [0, 0.05) is 28.2 Å². The maximum absolute atomic E-state index is 12.5. The molecular weight excluding hydrogens is 362 g/mol. The number of para-hydroxylation sites is 1. The molecule has 0 unspecified atom stereocenters. The van der Waals surface area contributed by atoms with E-state index in [0.717, 1.165) is 28.6 Å². The smallest absolute Gasteiger partial charge is 0.271 e. The minimum Gasteiger partial charge on any atom is -0.508 e. The van der Waals surface area contributed by atoms with E-state index in [1.807, 2.05) is 48.7 Å². The van der Waals surface area contributed by atoms with E-state index in [0.29, 0.717) is 12.0 Å². The van der Waals surface area contributed by atoms with Crippen molar-refractivity contribution in [1.29, 1.82) is 0 Å². The first-order chi connectivity index (χ1) is 14.2. The number of phenols is 1. The van der Waals surface area contributed by atoms with Crippen molar-refractivity contribution in [3.63, 3.8) is 0 Å².